The Kier molecular flexibility index (Phi) is 3.18. The number of halogens is 4. The normalized spacial score (nSPS) is 23.1. The lowest BCUT2D eigenvalue weighted by Gasteiger charge is -2.04. The summed E-state index contributed by atoms with van der Waals surface area (Å²) in [4.78, 5) is 0. The van der Waals surface area contributed by atoms with Crippen LogP contribution in [0.4, 0.5) is 0 Å². The summed E-state index contributed by atoms with van der Waals surface area (Å²) in [5.74, 6) is 0. The van der Waals surface area contributed by atoms with Gasteiger partial charge in [0, 0.05) is 5.57 Å². The molecule has 0 radical (unpaired) electrons. The van der Waals surface area contributed by atoms with E-state index in [-0.39, 0.29) is 0 Å². The van der Waals surface area contributed by atoms with E-state index in [1.54, 1.807) is 0 Å². The summed E-state index contributed by atoms with van der Waals surface area (Å²) in [5, 5.41) is 1.79. The zero-order valence-corrected chi connectivity index (χ0v) is 10.4. The van der Waals surface area contributed by atoms with E-state index in [0.717, 1.165) is 18.4 Å². The Bertz CT molecular complexity index is 340. The SMILES string of the molecule is ClC1=C(Cl)C(=C2CCCC2)C(Cl)=C1Cl. The lowest BCUT2D eigenvalue weighted by atomic mass is 10.1. The second-order valence-electron chi connectivity index (χ2n) is 3.44. The lowest BCUT2D eigenvalue weighted by Crippen LogP contribution is -1.86. The van der Waals surface area contributed by atoms with Crippen molar-refractivity contribution in [2.24, 2.45) is 0 Å². The van der Waals surface area contributed by atoms with Crippen LogP contribution >= 0.6 is 46.4 Å². The zero-order valence-electron chi connectivity index (χ0n) is 7.34. The van der Waals surface area contributed by atoms with Gasteiger partial charge in [-0.1, -0.05) is 52.0 Å². The molecule has 0 atom stereocenters. The summed E-state index contributed by atoms with van der Waals surface area (Å²) in [5.41, 5.74) is 2.16. The average molecular weight is 270 g/mol. The van der Waals surface area contributed by atoms with Crippen molar-refractivity contribution in [1.29, 1.82) is 0 Å². The molecule has 0 bridgehead atoms. The van der Waals surface area contributed by atoms with Crippen LogP contribution in [-0.2, 0) is 0 Å². The van der Waals surface area contributed by atoms with Gasteiger partial charge in [-0.2, -0.15) is 0 Å². The molecular weight excluding hydrogens is 262 g/mol. The molecule has 2 aliphatic rings. The molecule has 0 aromatic rings. The highest BCUT2D eigenvalue weighted by Gasteiger charge is 2.28. The van der Waals surface area contributed by atoms with Crippen LogP contribution in [0.5, 0.6) is 0 Å². The second-order valence-corrected chi connectivity index (χ2v) is 4.95. The van der Waals surface area contributed by atoms with E-state index in [2.05, 4.69) is 0 Å². The number of allylic oxidation sites excluding steroid dienone is 6. The molecule has 1 fully saturated rings. The largest absolute Gasteiger partial charge is 0.0819 e. The molecule has 0 aromatic heterocycles. The van der Waals surface area contributed by atoms with Crippen LogP contribution in [0.2, 0.25) is 0 Å². The molecule has 0 unspecified atom stereocenters. The third-order valence-electron chi connectivity index (χ3n) is 2.58. The van der Waals surface area contributed by atoms with Gasteiger partial charge in [0.15, 0.2) is 0 Å². The Morgan fingerprint density at radius 1 is 0.643 bits per heavy atom. The van der Waals surface area contributed by atoms with Gasteiger partial charge in [0.05, 0.1) is 20.1 Å². The van der Waals surface area contributed by atoms with Gasteiger partial charge in [-0.05, 0) is 25.7 Å². The van der Waals surface area contributed by atoms with Gasteiger partial charge >= 0.3 is 0 Å². The van der Waals surface area contributed by atoms with Gasteiger partial charge in [-0.25, -0.2) is 0 Å². The first-order valence-corrected chi connectivity index (χ1v) is 5.97. The fourth-order valence-corrected chi connectivity index (χ4v) is 3.04. The molecule has 4 heteroatoms. The maximum absolute atomic E-state index is 6.08. The third kappa shape index (κ3) is 1.63. The van der Waals surface area contributed by atoms with E-state index in [9.17, 15) is 0 Å². The van der Waals surface area contributed by atoms with Crippen LogP contribution in [0.3, 0.4) is 0 Å². The molecule has 1 saturated carbocycles. The van der Waals surface area contributed by atoms with Crippen LogP contribution in [-0.4, -0.2) is 0 Å². The Morgan fingerprint density at radius 2 is 1.07 bits per heavy atom. The van der Waals surface area contributed by atoms with E-state index in [1.165, 1.54) is 18.4 Å². The van der Waals surface area contributed by atoms with Gasteiger partial charge in [0.1, 0.15) is 0 Å². The van der Waals surface area contributed by atoms with E-state index < -0.39 is 0 Å². The van der Waals surface area contributed by atoms with E-state index in [0.29, 0.717) is 20.1 Å². The molecular formula is C10H8Cl4. The quantitative estimate of drug-likeness (QED) is 0.564. The minimum atomic E-state index is 0.382. The van der Waals surface area contributed by atoms with Gasteiger partial charge in [0.2, 0.25) is 0 Å². The van der Waals surface area contributed by atoms with Crippen LogP contribution < -0.4 is 0 Å². The molecule has 0 nitrogen and oxygen atoms in total. The summed E-state index contributed by atoms with van der Waals surface area (Å²) in [6.07, 6.45) is 4.50. The molecule has 76 valence electrons. The minimum Gasteiger partial charge on any atom is -0.0819 e. The van der Waals surface area contributed by atoms with Crippen LogP contribution in [0.15, 0.2) is 31.3 Å². The Hall–Kier alpha value is 0.380. The van der Waals surface area contributed by atoms with Gasteiger partial charge in [0.25, 0.3) is 0 Å². The number of hydrogen-bond acceptors (Lipinski definition) is 0. The summed E-state index contributed by atoms with van der Waals surface area (Å²) >= 11 is 24.0. The molecule has 14 heavy (non-hydrogen) atoms. The molecule has 0 amide bonds. The molecule has 0 saturated heterocycles. The molecule has 0 spiro atoms. The fraction of sp³-hybridized carbons (Fsp3) is 0.400. The molecule has 0 aromatic carbocycles. The van der Waals surface area contributed by atoms with Gasteiger partial charge < -0.3 is 0 Å². The van der Waals surface area contributed by atoms with Crippen molar-refractivity contribution in [2.75, 3.05) is 0 Å². The monoisotopic (exact) mass is 268 g/mol. The average Bonchev–Trinajstić information content (AvgIpc) is 2.73. The van der Waals surface area contributed by atoms with E-state index in [4.69, 9.17) is 46.4 Å². The highest BCUT2D eigenvalue weighted by molar-refractivity contribution is 6.55. The van der Waals surface area contributed by atoms with E-state index >= 15 is 0 Å². The van der Waals surface area contributed by atoms with E-state index in [1.807, 2.05) is 0 Å². The lowest BCUT2D eigenvalue weighted by molar-refractivity contribution is 0.886. The predicted molar refractivity (Wildman–Crippen MR) is 63.0 cm³/mol. The van der Waals surface area contributed by atoms with Crippen molar-refractivity contribution in [2.45, 2.75) is 25.7 Å². The highest BCUT2D eigenvalue weighted by atomic mass is 35.5. The molecule has 0 aliphatic heterocycles. The predicted octanol–water partition coefficient (Wildman–Crippen LogP) is 5.25. The van der Waals surface area contributed by atoms with Crippen molar-refractivity contribution in [3.8, 4) is 0 Å². The fourth-order valence-electron chi connectivity index (χ4n) is 1.87. The summed E-state index contributed by atoms with van der Waals surface area (Å²) in [6.45, 7) is 0. The summed E-state index contributed by atoms with van der Waals surface area (Å²) < 4.78 is 0. The van der Waals surface area contributed by atoms with Crippen molar-refractivity contribution in [1.82, 2.24) is 0 Å². The number of hydrogen-bond donors (Lipinski definition) is 0. The highest BCUT2D eigenvalue weighted by Crippen LogP contribution is 2.48. The standard InChI is InChI=1S/C10H8Cl4/c11-7-6(5-3-1-2-4-5)8(12)10(14)9(7)13/h1-4H2. The molecule has 2 aliphatic carbocycles. The van der Waals surface area contributed by atoms with Crippen LogP contribution in [0.25, 0.3) is 0 Å². The first-order valence-electron chi connectivity index (χ1n) is 4.46. The smallest absolute Gasteiger partial charge is 0.0800 e. The topological polar surface area (TPSA) is 0 Å². The third-order valence-corrected chi connectivity index (χ3v) is 4.38. The molecule has 2 rings (SSSR count). The Balaban J connectivity index is 2.52. The maximum Gasteiger partial charge on any atom is 0.0800 e. The second kappa shape index (κ2) is 4.09. The first-order chi connectivity index (χ1) is 6.63. The summed E-state index contributed by atoms with van der Waals surface area (Å²) in [7, 11) is 0. The van der Waals surface area contributed by atoms with Crippen LogP contribution in [0.1, 0.15) is 25.7 Å². The van der Waals surface area contributed by atoms with Crippen molar-refractivity contribution in [3.05, 3.63) is 31.3 Å². The Morgan fingerprint density at radius 3 is 1.50 bits per heavy atom. The van der Waals surface area contributed by atoms with Crippen LogP contribution in [0, 0.1) is 0 Å². The Labute approximate surface area is 103 Å². The molecule has 0 heterocycles. The first kappa shape index (κ1) is 10.9. The minimum absolute atomic E-state index is 0.382. The van der Waals surface area contributed by atoms with Crippen molar-refractivity contribution in [3.63, 3.8) is 0 Å². The van der Waals surface area contributed by atoms with Crippen molar-refractivity contribution >= 4 is 46.4 Å². The zero-order chi connectivity index (χ0) is 10.3. The summed E-state index contributed by atoms with van der Waals surface area (Å²) in [6, 6.07) is 0. The number of rotatable bonds is 0. The maximum atomic E-state index is 6.08. The van der Waals surface area contributed by atoms with Crippen molar-refractivity contribution < 1.29 is 0 Å². The van der Waals surface area contributed by atoms with Gasteiger partial charge in [-0.3, -0.25) is 0 Å². The van der Waals surface area contributed by atoms with Gasteiger partial charge in [-0.15, -0.1) is 0 Å². The molecule has 0 N–H and O–H groups in total.